The van der Waals surface area contributed by atoms with E-state index in [0.717, 1.165) is 18.9 Å². The molecule has 0 heterocycles. The minimum absolute atomic E-state index is 0.403. The zero-order chi connectivity index (χ0) is 12.4. The highest BCUT2D eigenvalue weighted by Crippen LogP contribution is 2.33. The molecule has 2 aliphatic carbocycles. The molecule has 0 aliphatic heterocycles. The average molecular weight is 245 g/mol. The molecule has 0 amide bonds. The Kier molecular flexibility index (Phi) is 3.55. The summed E-state index contributed by atoms with van der Waals surface area (Å²) in [4.78, 5) is 0. The van der Waals surface area contributed by atoms with Crippen molar-refractivity contribution in [3.63, 3.8) is 0 Å². The van der Waals surface area contributed by atoms with Crippen LogP contribution in [-0.4, -0.2) is 11.7 Å². The molecular weight excluding hydrogens is 222 g/mol. The van der Waals surface area contributed by atoms with E-state index in [1.165, 1.54) is 49.7 Å². The maximum Gasteiger partial charge on any atom is 0.115 e. The van der Waals surface area contributed by atoms with Crippen LogP contribution in [-0.2, 0) is 6.42 Å². The van der Waals surface area contributed by atoms with E-state index in [4.69, 9.17) is 0 Å². The van der Waals surface area contributed by atoms with Crippen molar-refractivity contribution in [2.75, 3.05) is 6.54 Å². The van der Waals surface area contributed by atoms with Gasteiger partial charge in [0.05, 0.1) is 0 Å². The van der Waals surface area contributed by atoms with Gasteiger partial charge in [0.15, 0.2) is 0 Å². The van der Waals surface area contributed by atoms with E-state index in [9.17, 15) is 5.11 Å². The summed E-state index contributed by atoms with van der Waals surface area (Å²) in [5.74, 6) is 1.37. The molecule has 0 spiro atoms. The Morgan fingerprint density at radius 1 is 1.17 bits per heavy atom. The van der Waals surface area contributed by atoms with Crippen molar-refractivity contribution in [1.82, 2.24) is 5.32 Å². The lowest BCUT2D eigenvalue weighted by Crippen LogP contribution is -2.21. The number of aryl methyl sites for hydroxylation is 1. The van der Waals surface area contributed by atoms with Gasteiger partial charge in [0, 0.05) is 6.04 Å². The van der Waals surface area contributed by atoms with Gasteiger partial charge < -0.3 is 10.4 Å². The van der Waals surface area contributed by atoms with E-state index in [-0.39, 0.29) is 0 Å². The maximum atomic E-state index is 9.48. The van der Waals surface area contributed by atoms with Crippen molar-refractivity contribution in [3.05, 3.63) is 29.3 Å². The first-order chi connectivity index (χ1) is 8.83. The first-order valence-electron chi connectivity index (χ1n) is 7.38. The fourth-order valence-electron chi connectivity index (χ4n) is 3.58. The van der Waals surface area contributed by atoms with E-state index in [1.807, 2.05) is 12.1 Å². The molecule has 98 valence electrons. The predicted octanol–water partition coefficient (Wildman–Crippen LogP) is 3.55. The number of rotatable bonds is 4. The number of fused-ring (bicyclic) bond motifs is 1. The minimum Gasteiger partial charge on any atom is -0.508 e. The van der Waals surface area contributed by atoms with Crippen LogP contribution in [0.1, 0.15) is 55.7 Å². The molecule has 2 aliphatic rings. The van der Waals surface area contributed by atoms with Gasteiger partial charge in [-0.25, -0.2) is 0 Å². The van der Waals surface area contributed by atoms with E-state index in [2.05, 4.69) is 11.4 Å². The van der Waals surface area contributed by atoms with Crippen LogP contribution in [0.3, 0.4) is 0 Å². The second-order valence-corrected chi connectivity index (χ2v) is 5.87. The van der Waals surface area contributed by atoms with Crippen molar-refractivity contribution in [2.45, 2.75) is 51.0 Å². The van der Waals surface area contributed by atoms with Crippen LogP contribution in [0, 0.1) is 5.92 Å². The fourth-order valence-corrected chi connectivity index (χ4v) is 3.58. The summed E-state index contributed by atoms with van der Waals surface area (Å²) >= 11 is 0. The monoisotopic (exact) mass is 245 g/mol. The number of phenolic OH excluding ortho intramolecular Hbond substituents is 1. The van der Waals surface area contributed by atoms with Crippen molar-refractivity contribution < 1.29 is 5.11 Å². The van der Waals surface area contributed by atoms with Gasteiger partial charge in [-0.1, -0.05) is 31.7 Å². The number of benzene rings is 1. The lowest BCUT2D eigenvalue weighted by molar-refractivity contribution is 0.442. The lowest BCUT2D eigenvalue weighted by Gasteiger charge is -2.16. The van der Waals surface area contributed by atoms with Crippen LogP contribution >= 0.6 is 0 Å². The molecule has 0 radical (unpaired) electrons. The molecule has 0 aromatic heterocycles. The van der Waals surface area contributed by atoms with Gasteiger partial charge in [0.25, 0.3) is 0 Å². The van der Waals surface area contributed by atoms with E-state index in [0.29, 0.717) is 11.8 Å². The van der Waals surface area contributed by atoms with Crippen LogP contribution in [0.2, 0.25) is 0 Å². The summed E-state index contributed by atoms with van der Waals surface area (Å²) < 4.78 is 0. The molecule has 0 bridgehead atoms. The molecule has 1 saturated carbocycles. The molecule has 2 nitrogen and oxygen atoms in total. The number of hydrogen-bond donors (Lipinski definition) is 2. The van der Waals surface area contributed by atoms with Gasteiger partial charge in [0.1, 0.15) is 5.75 Å². The predicted molar refractivity (Wildman–Crippen MR) is 73.7 cm³/mol. The lowest BCUT2D eigenvalue weighted by atomic mass is 10.0. The Balaban J connectivity index is 1.53. The third-order valence-corrected chi connectivity index (χ3v) is 4.62. The fraction of sp³-hybridized carbons (Fsp3) is 0.625. The topological polar surface area (TPSA) is 32.3 Å². The summed E-state index contributed by atoms with van der Waals surface area (Å²) in [5.41, 5.74) is 2.73. The Labute approximate surface area is 109 Å². The van der Waals surface area contributed by atoms with E-state index in [1.54, 1.807) is 0 Å². The second-order valence-electron chi connectivity index (χ2n) is 5.87. The van der Waals surface area contributed by atoms with Crippen LogP contribution < -0.4 is 5.32 Å². The molecule has 1 aromatic rings. The number of phenols is 1. The Morgan fingerprint density at radius 3 is 2.83 bits per heavy atom. The Hall–Kier alpha value is -1.02. The highest BCUT2D eigenvalue weighted by atomic mass is 16.3. The van der Waals surface area contributed by atoms with Crippen LogP contribution in [0.4, 0.5) is 0 Å². The molecule has 1 atom stereocenters. The summed E-state index contributed by atoms with van der Waals surface area (Å²) in [7, 11) is 0. The zero-order valence-electron chi connectivity index (χ0n) is 11.0. The normalized spacial score (nSPS) is 23.4. The molecule has 1 unspecified atom stereocenters. The van der Waals surface area contributed by atoms with Crippen LogP contribution in [0.15, 0.2) is 18.2 Å². The van der Waals surface area contributed by atoms with Crippen molar-refractivity contribution >= 4 is 0 Å². The largest absolute Gasteiger partial charge is 0.508 e. The highest BCUT2D eigenvalue weighted by molar-refractivity contribution is 5.39. The Bertz CT molecular complexity index is 410. The average Bonchev–Trinajstić information content (AvgIpc) is 2.99. The van der Waals surface area contributed by atoms with Gasteiger partial charge >= 0.3 is 0 Å². The van der Waals surface area contributed by atoms with Gasteiger partial charge in [-0.05, 0) is 55.0 Å². The molecule has 0 saturated heterocycles. The third-order valence-electron chi connectivity index (χ3n) is 4.62. The van der Waals surface area contributed by atoms with Gasteiger partial charge in [-0.2, -0.15) is 0 Å². The third kappa shape index (κ3) is 2.54. The molecule has 2 heteroatoms. The minimum atomic E-state index is 0.403. The van der Waals surface area contributed by atoms with E-state index >= 15 is 0 Å². The molecule has 1 fully saturated rings. The quantitative estimate of drug-likeness (QED) is 0.850. The SMILES string of the molecule is Oc1ccc2c(c1)CCC2NCCC1CCCC1. The number of aromatic hydroxyl groups is 1. The van der Waals surface area contributed by atoms with Gasteiger partial charge in [-0.3, -0.25) is 0 Å². The van der Waals surface area contributed by atoms with Crippen LogP contribution in [0.5, 0.6) is 5.75 Å². The molecular formula is C16H23NO. The summed E-state index contributed by atoms with van der Waals surface area (Å²) in [6.07, 6.45) is 9.39. The maximum absolute atomic E-state index is 9.48. The molecule has 1 aromatic carbocycles. The standard InChI is InChI=1S/C16H23NO/c18-14-6-7-15-13(11-14)5-8-16(15)17-10-9-12-3-1-2-4-12/h6-7,11-12,16-18H,1-5,8-10H2. The second kappa shape index (κ2) is 5.31. The Morgan fingerprint density at radius 2 is 2.00 bits per heavy atom. The van der Waals surface area contributed by atoms with Crippen LogP contribution in [0.25, 0.3) is 0 Å². The van der Waals surface area contributed by atoms with Crippen molar-refractivity contribution in [2.24, 2.45) is 5.92 Å². The van der Waals surface area contributed by atoms with Crippen molar-refractivity contribution in [1.29, 1.82) is 0 Å². The van der Waals surface area contributed by atoms with Gasteiger partial charge in [-0.15, -0.1) is 0 Å². The molecule has 3 rings (SSSR count). The number of hydrogen-bond acceptors (Lipinski definition) is 2. The first-order valence-corrected chi connectivity index (χ1v) is 7.38. The summed E-state index contributed by atoms with van der Waals surface area (Å²) in [5, 5.41) is 13.2. The summed E-state index contributed by atoms with van der Waals surface area (Å²) in [6, 6.07) is 6.34. The first kappa shape index (κ1) is 12.0. The number of nitrogens with one attached hydrogen (secondary N) is 1. The smallest absolute Gasteiger partial charge is 0.115 e. The van der Waals surface area contributed by atoms with Crippen molar-refractivity contribution in [3.8, 4) is 5.75 Å². The molecule has 2 N–H and O–H groups in total. The van der Waals surface area contributed by atoms with Gasteiger partial charge in [0.2, 0.25) is 0 Å². The molecule has 18 heavy (non-hydrogen) atoms. The zero-order valence-corrected chi connectivity index (χ0v) is 11.0. The highest BCUT2D eigenvalue weighted by Gasteiger charge is 2.22. The van der Waals surface area contributed by atoms with E-state index < -0.39 is 0 Å². The summed E-state index contributed by atoms with van der Waals surface area (Å²) in [6.45, 7) is 1.15.